The smallest absolute Gasteiger partial charge is 0.199 e. The number of pyridine rings is 1. The summed E-state index contributed by atoms with van der Waals surface area (Å²) in [6, 6.07) is 5.87. The fourth-order valence-electron chi connectivity index (χ4n) is 1.58. The number of rotatable bonds is 2. The van der Waals surface area contributed by atoms with Gasteiger partial charge in [-0.05, 0) is 36.8 Å². The van der Waals surface area contributed by atoms with Gasteiger partial charge in [0, 0.05) is 10.7 Å². The van der Waals surface area contributed by atoms with Crippen LogP contribution < -0.4 is 5.73 Å². The van der Waals surface area contributed by atoms with Crippen LogP contribution >= 0.6 is 15.9 Å². The first-order valence-corrected chi connectivity index (χ1v) is 6.00. The summed E-state index contributed by atoms with van der Waals surface area (Å²) in [5, 5.41) is 0. The number of carbonyl (C=O) groups excluding carboxylic acids is 1. The van der Waals surface area contributed by atoms with Crippen LogP contribution in [0.25, 0.3) is 0 Å². The molecular weight excluding hydrogens is 299 g/mol. The van der Waals surface area contributed by atoms with Gasteiger partial charge in [-0.15, -0.1) is 0 Å². The van der Waals surface area contributed by atoms with E-state index in [4.69, 9.17) is 5.73 Å². The van der Waals surface area contributed by atoms with Crippen LogP contribution in [0.2, 0.25) is 0 Å². The lowest BCUT2D eigenvalue weighted by Crippen LogP contribution is -2.09. The molecule has 18 heavy (non-hydrogen) atoms. The van der Waals surface area contributed by atoms with Gasteiger partial charge < -0.3 is 5.73 Å². The van der Waals surface area contributed by atoms with E-state index in [0.717, 1.165) is 5.56 Å². The number of nitrogen functional groups attached to an aromatic ring is 1. The normalized spacial score (nSPS) is 10.4. The van der Waals surface area contributed by atoms with E-state index >= 15 is 0 Å². The number of carbonyl (C=O) groups is 1. The summed E-state index contributed by atoms with van der Waals surface area (Å²) in [5.74, 6) is -0.947. The van der Waals surface area contributed by atoms with Crippen LogP contribution in [0.15, 0.2) is 34.9 Å². The van der Waals surface area contributed by atoms with Crippen molar-refractivity contribution < 1.29 is 9.18 Å². The van der Waals surface area contributed by atoms with Gasteiger partial charge in [0.05, 0.1) is 11.1 Å². The number of halogens is 2. The van der Waals surface area contributed by atoms with Crippen LogP contribution in [-0.2, 0) is 0 Å². The van der Waals surface area contributed by atoms with E-state index in [1.807, 2.05) is 0 Å². The Kier molecular flexibility index (Phi) is 3.43. The topological polar surface area (TPSA) is 56.0 Å². The number of hydrogen-bond donors (Lipinski definition) is 1. The van der Waals surface area contributed by atoms with E-state index < -0.39 is 11.6 Å². The molecule has 1 aromatic heterocycles. The Hall–Kier alpha value is -1.75. The van der Waals surface area contributed by atoms with Crippen molar-refractivity contribution in [2.24, 2.45) is 0 Å². The second kappa shape index (κ2) is 4.86. The zero-order chi connectivity index (χ0) is 13.3. The van der Waals surface area contributed by atoms with Crippen molar-refractivity contribution in [2.45, 2.75) is 6.92 Å². The van der Waals surface area contributed by atoms with Crippen LogP contribution in [-0.4, -0.2) is 10.8 Å². The molecule has 2 aromatic rings. The fraction of sp³-hybridized carbons (Fsp3) is 0.0769. The first-order chi connectivity index (χ1) is 8.49. The zero-order valence-corrected chi connectivity index (χ0v) is 11.2. The molecule has 3 nitrogen and oxygen atoms in total. The van der Waals surface area contributed by atoms with Crippen LogP contribution in [0.4, 0.5) is 10.2 Å². The Labute approximate surface area is 112 Å². The van der Waals surface area contributed by atoms with Gasteiger partial charge in [0.1, 0.15) is 11.6 Å². The summed E-state index contributed by atoms with van der Waals surface area (Å²) in [4.78, 5) is 16.1. The molecule has 1 aromatic carbocycles. The minimum Gasteiger partial charge on any atom is -0.383 e. The second-order valence-electron chi connectivity index (χ2n) is 3.90. The van der Waals surface area contributed by atoms with Crippen molar-refractivity contribution in [3.05, 3.63) is 57.4 Å². The Morgan fingerprint density at radius 2 is 2.06 bits per heavy atom. The van der Waals surface area contributed by atoms with Gasteiger partial charge in [-0.2, -0.15) is 0 Å². The van der Waals surface area contributed by atoms with Crippen LogP contribution in [0.5, 0.6) is 0 Å². The molecule has 0 fully saturated rings. The predicted molar refractivity (Wildman–Crippen MR) is 70.9 cm³/mol. The number of nitrogens with zero attached hydrogens (tertiary/aromatic N) is 1. The van der Waals surface area contributed by atoms with E-state index in [1.165, 1.54) is 12.1 Å². The van der Waals surface area contributed by atoms with E-state index in [2.05, 4.69) is 20.9 Å². The van der Waals surface area contributed by atoms with Crippen molar-refractivity contribution in [1.29, 1.82) is 0 Å². The van der Waals surface area contributed by atoms with Gasteiger partial charge in [0.15, 0.2) is 5.78 Å². The molecular formula is C13H10BrFN2O. The first kappa shape index (κ1) is 12.7. The molecule has 2 N–H and O–H groups in total. The number of nitrogens with two attached hydrogens (primary N) is 1. The SMILES string of the molecule is Cc1cnc(N)c(C(=O)c2ccc(Br)cc2F)c1. The molecule has 0 bridgehead atoms. The highest BCUT2D eigenvalue weighted by molar-refractivity contribution is 9.10. The molecule has 0 saturated heterocycles. The minimum atomic E-state index is -0.588. The molecule has 0 aliphatic carbocycles. The maximum atomic E-state index is 13.7. The highest BCUT2D eigenvalue weighted by Crippen LogP contribution is 2.21. The fourth-order valence-corrected chi connectivity index (χ4v) is 1.91. The van der Waals surface area contributed by atoms with Crippen molar-refractivity contribution in [1.82, 2.24) is 4.98 Å². The third-order valence-electron chi connectivity index (χ3n) is 2.48. The first-order valence-electron chi connectivity index (χ1n) is 5.21. The lowest BCUT2D eigenvalue weighted by atomic mass is 10.0. The number of benzene rings is 1. The van der Waals surface area contributed by atoms with E-state index in [1.54, 1.807) is 25.3 Å². The van der Waals surface area contributed by atoms with Crippen LogP contribution in [0, 0.1) is 12.7 Å². The maximum absolute atomic E-state index is 13.7. The number of aromatic nitrogens is 1. The highest BCUT2D eigenvalue weighted by atomic mass is 79.9. The molecule has 92 valence electrons. The van der Waals surface area contributed by atoms with Gasteiger partial charge in [0.2, 0.25) is 0 Å². The summed E-state index contributed by atoms with van der Waals surface area (Å²) in [5.41, 5.74) is 6.64. The molecule has 0 aliphatic heterocycles. The molecule has 1 heterocycles. The molecule has 0 saturated carbocycles. The van der Waals surface area contributed by atoms with E-state index in [-0.39, 0.29) is 16.9 Å². The number of hydrogen-bond acceptors (Lipinski definition) is 3. The monoisotopic (exact) mass is 308 g/mol. The van der Waals surface area contributed by atoms with Gasteiger partial charge in [-0.1, -0.05) is 15.9 Å². The predicted octanol–water partition coefficient (Wildman–Crippen LogP) is 3.10. The third-order valence-corrected chi connectivity index (χ3v) is 2.97. The minimum absolute atomic E-state index is 0.0164. The van der Waals surface area contributed by atoms with Crippen molar-refractivity contribution in [3.63, 3.8) is 0 Å². The quantitative estimate of drug-likeness (QED) is 0.867. The summed E-state index contributed by atoms with van der Waals surface area (Å²) in [7, 11) is 0. The Bertz CT molecular complexity index is 628. The molecule has 0 radical (unpaired) electrons. The summed E-state index contributed by atoms with van der Waals surface area (Å²) < 4.78 is 14.3. The maximum Gasteiger partial charge on any atom is 0.199 e. The lowest BCUT2D eigenvalue weighted by Gasteiger charge is -2.06. The van der Waals surface area contributed by atoms with Gasteiger partial charge in [0.25, 0.3) is 0 Å². The zero-order valence-electron chi connectivity index (χ0n) is 9.58. The molecule has 0 atom stereocenters. The highest BCUT2D eigenvalue weighted by Gasteiger charge is 2.17. The Balaban J connectivity index is 2.51. The molecule has 5 heteroatoms. The Morgan fingerprint density at radius 3 is 2.72 bits per heavy atom. The summed E-state index contributed by atoms with van der Waals surface area (Å²) >= 11 is 3.14. The molecule has 2 rings (SSSR count). The average molecular weight is 309 g/mol. The molecule has 0 unspecified atom stereocenters. The van der Waals surface area contributed by atoms with E-state index in [9.17, 15) is 9.18 Å². The van der Waals surface area contributed by atoms with Gasteiger partial charge in [-0.25, -0.2) is 9.37 Å². The molecule has 0 aliphatic rings. The van der Waals surface area contributed by atoms with Gasteiger partial charge in [-0.3, -0.25) is 4.79 Å². The van der Waals surface area contributed by atoms with E-state index in [0.29, 0.717) is 4.47 Å². The van der Waals surface area contributed by atoms with Crippen molar-refractivity contribution in [3.8, 4) is 0 Å². The molecule has 0 spiro atoms. The van der Waals surface area contributed by atoms with Crippen LogP contribution in [0.1, 0.15) is 21.5 Å². The van der Waals surface area contributed by atoms with Crippen LogP contribution in [0.3, 0.4) is 0 Å². The number of aryl methyl sites for hydroxylation is 1. The van der Waals surface area contributed by atoms with Crippen molar-refractivity contribution >= 4 is 27.5 Å². The summed E-state index contributed by atoms with van der Waals surface area (Å²) in [6.45, 7) is 1.79. The Morgan fingerprint density at radius 1 is 1.33 bits per heavy atom. The average Bonchev–Trinajstić information content (AvgIpc) is 2.31. The number of ketones is 1. The third kappa shape index (κ3) is 2.41. The molecule has 0 amide bonds. The largest absolute Gasteiger partial charge is 0.383 e. The lowest BCUT2D eigenvalue weighted by molar-refractivity contribution is 0.103. The standard InChI is InChI=1S/C13H10BrFN2O/c1-7-4-10(13(16)17-6-7)12(18)9-3-2-8(14)5-11(9)15/h2-6H,1H3,(H2,16,17). The second-order valence-corrected chi connectivity index (χ2v) is 4.81. The van der Waals surface area contributed by atoms with Crippen molar-refractivity contribution in [2.75, 3.05) is 5.73 Å². The van der Waals surface area contributed by atoms with Gasteiger partial charge >= 0.3 is 0 Å². The number of anilines is 1. The summed E-state index contributed by atoms with van der Waals surface area (Å²) in [6.07, 6.45) is 1.56.